The number of nitrogens with zero attached hydrogens (tertiary/aromatic N) is 5. The number of allylic oxidation sites excluding steroid dienone is 1. The van der Waals surface area contributed by atoms with E-state index >= 15 is 0 Å². The quantitative estimate of drug-likeness (QED) is 0.416. The third-order valence-corrected chi connectivity index (χ3v) is 6.66. The van der Waals surface area contributed by atoms with Gasteiger partial charge in [-0.3, -0.25) is 9.51 Å². The van der Waals surface area contributed by atoms with Gasteiger partial charge < -0.3 is 9.88 Å². The van der Waals surface area contributed by atoms with E-state index < -0.39 is 5.76 Å². The van der Waals surface area contributed by atoms with Crippen molar-refractivity contribution < 1.29 is 4.52 Å². The molecule has 0 amide bonds. The van der Waals surface area contributed by atoms with Crippen molar-refractivity contribution in [2.45, 2.75) is 77.8 Å². The summed E-state index contributed by atoms with van der Waals surface area (Å²) in [6, 6.07) is 0.543. The molecule has 32 heavy (non-hydrogen) atoms. The normalized spacial score (nSPS) is 17.1. The van der Waals surface area contributed by atoms with Gasteiger partial charge in [0, 0.05) is 12.1 Å². The van der Waals surface area contributed by atoms with E-state index in [1.54, 1.807) is 0 Å². The maximum Gasteiger partial charge on any atom is 0.439 e. The van der Waals surface area contributed by atoms with Crippen LogP contribution in [0.3, 0.4) is 0 Å². The van der Waals surface area contributed by atoms with E-state index in [0.29, 0.717) is 23.3 Å². The molecule has 1 aliphatic rings. The van der Waals surface area contributed by atoms with E-state index in [1.165, 1.54) is 25.7 Å². The summed E-state index contributed by atoms with van der Waals surface area (Å²) in [5.41, 5.74) is 1.46. The molecular formula is C23H33N7O2. The standard InChI is InChI=1S/C23H33N7O2/c1-5-8-14(2)9-6-10-15(3)30-13-24-19-18(30)20(25-16(4)17-11-7-12-17)27-21(26-19)22-28-23(31)32-29-22/h5,13-17H,1,6-12H2,2-4H3,(H,25,26,27)(H,28,29,31). The van der Waals surface area contributed by atoms with Crippen LogP contribution in [0.2, 0.25) is 0 Å². The van der Waals surface area contributed by atoms with Crippen LogP contribution in [0.5, 0.6) is 0 Å². The molecule has 0 spiro atoms. The van der Waals surface area contributed by atoms with E-state index in [1.807, 2.05) is 12.4 Å². The second-order valence-electron chi connectivity index (χ2n) is 9.20. The zero-order valence-electron chi connectivity index (χ0n) is 19.2. The zero-order chi connectivity index (χ0) is 22.7. The summed E-state index contributed by atoms with van der Waals surface area (Å²) in [4.78, 5) is 27.8. The molecule has 0 aliphatic heterocycles. The molecule has 1 aliphatic carbocycles. The van der Waals surface area contributed by atoms with Gasteiger partial charge in [0.1, 0.15) is 5.52 Å². The first-order valence-electron chi connectivity index (χ1n) is 11.6. The van der Waals surface area contributed by atoms with E-state index in [9.17, 15) is 4.79 Å². The largest absolute Gasteiger partial charge is 0.439 e. The Labute approximate surface area is 187 Å². The van der Waals surface area contributed by atoms with Crippen LogP contribution in [0.15, 0.2) is 28.3 Å². The number of aromatic nitrogens is 6. The topological polar surface area (TPSA) is 115 Å². The van der Waals surface area contributed by atoms with Gasteiger partial charge in [0.05, 0.1) is 6.33 Å². The van der Waals surface area contributed by atoms with Crippen molar-refractivity contribution in [3.8, 4) is 11.6 Å². The minimum absolute atomic E-state index is 0.204. The lowest BCUT2D eigenvalue weighted by atomic mass is 9.80. The van der Waals surface area contributed by atoms with E-state index in [0.717, 1.165) is 30.6 Å². The van der Waals surface area contributed by atoms with Crippen molar-refractivity contribution >= 4 is 17.0 Å². The molecule has 0 saturated heterocycles. The molecule has 9 heteroatoms. The van der Waals surface area contributed by atoms with Crippen LogP contribution in [-0.2, 0) is 0 Å². The molecule has 3 aromatic rings. The Bertz CT molecular complexity index is 1110. The van der Waals surface area contributed by atoms with Crippen molar-refractivity contribution in [1.82, 2.24) is 29.7 Å². The third kappa shape index (κ3) is 4.76. The van der Waals surface area contributed by atoms with Crippen LogP contribution in [0.4, 0.5) is 5.82 Å². The molecule has 3 heterocycles. The van der Waals surface area contributed by atoms with Crippen molar-refractivity contribution in [3.05, 3.63) is 29.5 Å². The third-order valence-electron chi connectivity index (χ3n) is 6.66. The van der Waals surface area contributed by atoms with Crippen LogP contribution in [0.25, 0.3) is 22.8 Å². The predicted octanol–water partition coefficient (Wildman–Crippen LogP) is 4.71. The summed E-state index contributed by atoms with van der Waals surface area (Å²) in [5.74, 6) is 1.87. The second-order valence-corrected chi connectivity index (χ2v) is 9.20. The first kappa shape index (κ1) is 22.2. The molecule has 1 saturated carbocycles. The summed E-state index contributed by atoms with van der Waals surface area (Å²) >= 11 is 0. The average Bonchev–Trinajstić information content (AvgIpc) is 3.33. The number of anilines is 1. The van der Waals surface area contributed by atoms with Crippen molar-refractivity contribution in [1.29, 1.82) is 0 Å². The van der Waals surface area contributed by atoms with Crippen LogP contribution in [0.1, 0.15) is 71.8 Å². The van der Waals surface area contributed by atoms with E-state index in [-0.39, 0.29) is 17.9 Å². The van der Waals surface area contributed by atoms with Crippen molar-refractivity contribution in [3.63, 3.8) is 0 Å². The van der Waals surface area contributed by atoms with Crippen LogP contribution in [-0.4, -0.2) is 35.7 Å². The lowest BCUT2D eigenvalue weighted by Gasteiger charge is -2.32. The van der Waals surface area contributed by atoms with Gasteiger partial charge in [0.15, 0.2) is 11.5 Å². The van der Waals surface area contributed by atoms with Gasteiger partial charge in [-0.2, -0.15) is 0 Å². The number of rotatable bonds is 11. The van der Waals surface area contributed by atoms with Gasteiger partial charge in [0.2, 0.25) is 11.6 Å². The van der Waals surface area contributed by atoms with Crippen molar-refractivity contribution in [2.24, 2.45) is 11.8 Å². The van der Waals surface area contributed by atoms with Gasteiger partial charge >= 0.3 is 5.76 Å². The lowest BCUT2D eigenvalue weighted by molar-refractivity contribution is 0.285. The number of aromatic amines is 1. The first-order valence-corrected chi connectivity index (χ1v) is 11.6. The predicted molar refractivity (Wildman–Crippen MR) is 124 cm³/mol. The highest BCUT2D eigenvalue weighted by atomic mass is 16.5. The molecule has 3 aromatic heterocycles. The SMILES string of the molecule is C=CCC(C)CCCC(C)n1cnc2nc(-c3noc(=O)[nH]3)nc(NC(C)C3CCC3)c21. The highest BCUT2D eigenvalue weighted by molar-refractivity contribution is 5.85. The Morgan fingerprint density at radius 2 is 2.12 bits per heavy atom. The second kappa shape index (κ2) is 9.67. The Balaban J connectivity index is 1.63. The van der Waals surface area contributed by atoms with Crippen LogP contribution in [0, 0.1) is 11.8 Å². The number of imidazole rings is 1. The van der Waals surface area contributed by atoms with Gasteiger partial charge in [0.25, 0.3) is 0 Å². The Hall–Kier alpha value is -2.97. The highest BCUT2D eigenvalue weighted by Gasteiger charge is 2.26. The molecule has 0 aromatic carbocycles. The molecule has 4 rings (SSSR count). The van der Waals surface area contributed by atoms with E-state index in [4.69, 9.17) is 4.98 Å². The fraction of sp³-hybridized carbons (Fsp3) is 0.609. The molecule has 9 nitrogen and oxygen atoms in total. The smallest absolute Gasteiger partial charge is 0.365 e. The Kier molecular flexibility index (Phi) is 6.72. The van der Waals surface area contributed by atoms with E-state index in [2.05, 4.69) is 61.9 Å². The molecule has 0 bridgehead atoms. The minimum atomic E-state index is -0.633. The van der Waals surface area contributed by atoms with Crippen LogP contribution >= 0.6 is 0 Å². The molecule has 2 N–H and O–H groups in total. The monoisotopic (exact) mass is 439 g/mol. The molecule has 172 valence electrons. The average molecular weight is 440 g/mol. The first-order chi connectivity index (χ1) is 15.5. The molecule has 3 atom stereocenters. The summed E-state index contributed by atoms with van der Waals surface area (Å²) in [6.07, 6.45) is 12.0. The lowest BCUT2D eigenvalue weighted by Crippen LogP contribution is -2.31. The molecule has 0 radical (unpaired) electrons. The van der Waals surface area contributed by atoms with Gasteiger partial charge in [-0.25, -0.2) is 19.7 Å². The number of H-pyrrole nitrogens is 1. The fourth-order valence-corrected chi connectivity index (χ4v) is 4.39. The number of nitrogens with one attached hydrogen (secondary N) is 2. The summed E-state index contributed by atoms with van der Waals surface area (Å²) in [7, 11) is 0. The Morgan fingerprint density at radius 1 is 1.31 bits per heavy atom. The number of hydrogen-bond acceptors (Lipinski definition) is 7. The molecular weight excluding hydrogens is 406 g/mol. The molecule has 3 unspecified atom stereocenters. The van der Waals surface area contributed by atoms with Gasteiger partial charge in [-0.15, -0.1) is 6.58 Å². The number of hydrogen-bond donors (Lipinski definition) is 2. The summed E-state index contributed by atoms with van der Waals surface area (Å²) < 4.78 is 6.81. The minimum Gasteiger partial charge on any atom is -0.365 e. The number of fused-ring (bicyclic) bond motifs is 1. The van der Waals surface area contributed by atoms with Crippen molar-refractivity contribution in [2.75, 3.05) is 5.32 Å². The van der Waals surface area contributed by atoms with Crippen LogP contribution < -0.4 is 11.1 Å². The van der Waals surface area contributed by atoms with Gasteiger partial charge in [-0.05, 0) is 51.4 Å². The molecule has 1 fully saturated rings. The maximum absolute atomic E-state index is 11.4. The fourth-order valence-electron chi connectivity index (χ4n) is 4.39. The highest BCUT2D eigenvalue weighted by Crippen LogP contribution is 2.33. The maximum atomic E-state index is 11.4. The zero-order valence-corrected chi connectivity index (χ0v) is 19.2. The Morgan fingerprint density at radius 3 is 2.78 bits per heavy atom. The summed E-state index contributed by atoms with van der Waals surface area (Å²) in [6.45, 7) is 10.5. The van der Waals surface area contributed by atoms with Gasteiger partial charge in [-0.1, -0.05) is 37.4 Å². The summed E-state index contributed by atoms with van der Waals surface area (Å²) in [5, 5.41) is 7.35.